The van der Waals surface area contributed by atoms with Gasteiger partial charge in [0.2, 0.25) is 0 Å². The van der Waals surface area contributed by atoms with E-state index in [0.717, 1.165) is 34.9 Å². The van der Waals surface area contributed by atoms with Crippen LogP contribution in [0.3, 0.4) is 0 Å². The van der Waals surface area contributed by atoms with Crippen molar-refractivity contribution in [1.29, 1.82) is 0 Å². The Labute approximate surface area is 191 Å². The minimum atomic E-state index is -0.457. The van der Waals surface area contributed by atoms with E-state index >= 15 is 4.39 Å². The molecule has 0 N–H and O–H groups in total. The summed E-state index contributed by atoms with van der Waals surface area (Å²) in [4.78, 5) is 8.93. The van der Waals surface area contributed by atoms with Crippen LogP contribution in [0.2, 0.25) is 5.02 Å². The lowest BCUT2D eigenvalue weighted by molar-refractivity contribution is 0.195. The fourth-order valence-corrected chi connectivity index (χ4v) is 3.81. The van der Waals surface area contributed by atoms with E-state index in [1.165, 1.54) is 12.1 Å². The molecule has 1 aromatic heterocycles. The van der Waals surface area contributed by atoms with Crippen LogP contribution in [0.15, 0.2) is 60.9 Å². The van der Waals surface area contributed by atoms with Crippen LogP contribution >= 0.6 is 11.6 Å². The monoisotopic (exact) mass is 452 g/mol. The number of rotatable bonds is 8. The lowest BCUT2D eigenvalue weighted by Crippen LogP contribution is -1.98. The van der Waals surface area contributed by atoms with Crippen molar-refractivity contribution < 1.29 is 13.5 Å². The Bertz CT molecular complexity index is 1230. The first kappa shape index (κ1) is 22.3. The Morgan fingerprint density at radius 2 is 1.69 bits per heavy atom. The van der Waals surface area contributed by atoms with Gasteiger partial charge in [-0.15, -0.1) is 0 Å². The Hall–Kier alpha value is -2.89. The topological polar surface area (TPSA) is 35.0 Å². The highest BCUT2D eigenvalue weighted by Crippen LogP contribution is 2.27. The van der Waals surface area contributed by atoms with Gasteiger partial charge in [0, 0.05) is 37.1 Å². The molecule has 3 aromatic carbocycles. The van der Waals surface area contributed by atoms with Gasteiger partial charge in [-0.1, -0.05) is 41.9 Å². The van der Waals surface area contributed by atoms with Crippen LogP contribution in [0.1, 0.15) is 23.1 Å². The number of ether oxygens (including phenoxy) is 1. The fourth-order valence-electron chi connectivity index (χ4n) is 3.70. The zero-order valence-electron chi connectivity index (χ0n) is 17.7. The largest absolute Gasteiger partial charge is 0.385 e. The molecule has 0 amide bonds. The zero-order chi connectivity index (χ0) is 22.5. The van der Waals surface area contributed by atoms with Gasteiger partial charge in [0.05, 0.1) is 5.02 Å². The molecule has 0 saturated carbocycles. The molecule has 1 heterocycles. The molecule has 0 atom stereocenters. The number of halogens is 3. The third-order valence-corrected chi connectivity index (χ3v) is 5.79. The highest BCUT2D eigenvalue weighted by atomic mass is 35.5. The van der Waals surface area contributed by atoms with Gasteiger partial charge in [-0.2, -0.15) is 0 Å². The predicted octanol–water partition coefficient (Wildman–Crippen LogP) is 6.59. The number of hydrogen-bond acceptors (Lipinski definition) is 3. The molecule has 32 heavy (non-hydrogen) atoms. The van der Waals surface area contributed by atoms with Crippen LogP contribution in [0.5, 0.6) is 0 Å². The Morgan fingerprint density at radius 3 is 2.44 bits per heavy atom. The van der Waals surface area contributed by atoms with E-state index in [0.29, 0.717) is 36.2 Å². The first-order valence-corrected chi connectivity index (χ1v) is 10.9. The summed E-state index contributed by atoms with van der Waals surface area (Å²) in [7, 11) is 1.69. The molecule has 0 bridgehead atoms. The van der Waals surface area contributed by atoms with Crippen LogP contribution < -0.4 is 0 Å². The average molecular weight is 453 g/mol. The van der Waals surface area contributed by atoms with Crippen molar-refractivity contribution in [2.24, 2.45) is 0 Å². The van der Waals surface area contributed by atoms with E-state index in [9.17, 15) is 4.39 Å². The smallest absolute Gasteiger partial charge is 0.159 e. The minimum Gasteiger partial charge on any atom is -0.385 e. The first-order chi connectivity index (χ1) is 15.5. The summed E-state index contributed by atoms with van der Waals surface area (Å²) in [6.07, 6.45) is 6.43. The molecule has 0 spiro atoms. The Balaban J connectivity index is 1.51. The molecule has 0 saturated heterocycles. The lowest BCUT2D eigenvalue weighted by atomic mass is 9.99. The van der Waals surface area contributed by atoms with Crippen molar-refractivity contribution in [3.8, 4) is 11.4 Å². The van der Waals surface area contributed by atoms with Crippen molar-refractivity contribution in [1.82, 2.24) is 9.97 Å². The maximum absolute atomic E-state index is 15.1. The molecule has 0 radical (unpaired) electrons. The standard InChI is InChI=1S/C26H23ClF2N2O/c1-32-12-2-3-18-15-30-26(31-16-18)21-9-10-22-20(14-21)8-7-19(25(22)29)6-4-17-5-11-23(27)24(28)13-17/h5,7-11,13-16H,2-4,6,12H2,1H3. The maximum Gasteiger partial charge on any atom is 0.159 e. The van der Waals surface area contributed by atoms with E-state index in [4.69, 9.17) is 16.3 Å². The molecule has 164 valence electrons. The Kier molecular flexibility index (Phi) is 7.08. The molecule has 6 heteroatoms. The summed E-state index contributed by atoms with van der Waals surface area (Å²) in [5, 5.41) is 1.42. The Morgan fingerprint density at radius 1 is 0.875 bits per heavy atom. The van der Waals surface area contributed by atoms with Crippen molar-refractivity contribution in [2.75, 3.05) is 13.7 Å². The molecular formula is C26H23ClF2N2O. The lowest BCUT2D eigenvalue weighted by Gasteiger charge is -2.09. The third-order valence-electron chi connectivity index (χ3n) is 5.48. The second-order valence-corrected chi connectivity index (χ2v) is 8.14. The van der Waals surface area contributed by atoms with Crippen molar-refractivity contribution in [3.05, 3.63) is 94.3 Å². The van der Waals surface area contributed by atoms with Crippen molar-refractivity contribution >= 4 is 22.4 Å². The fraction of sp³-hybridized carbons (Fsp3) is 0.231. The number of hydrogen-bond donors (Lipinski definition) is 0. The van der Waals surface area contributed by atoms with Crippen LogP contribution in [0, 0.1) is 11.6 Å². The summed E-state index contributed by atoms with van der Waals surface area (Å²) < 4.78 is 33.8. The average Bonchev–Trinajstić information content (AvgIpc) is 2.81. The van der Waals surface area contributed by atoms with Gasteiger partial charge in [-0.25, -0.2) is 18.7 Å². The second kappa shape index (κ2) is 10.2. The molecule has 4 aromatic rings. The summed E-state index contributed by atoms with van der Waals surface area (Å²) in [6.45, 7) is 0.705. The van der Waals surface area contributed by atoms with E-state index < -0.39 is 5.82 Å². The molecule has 0 aliphatic rings. The number of methoxy groups -OCH3 is 1. The second-order valence-electron chi connectivity index (χ2n) is 7.73. The van der Waals surface area contributed by atoms with E-state index in [-0.39, 0.29) is 10.8 Å². The van der Waals surface area contributed by atoms with Crippen molar-refractivity contribution in [2.45, 2.75) is 25.7 Å². The van der Waals surface area contributed by atoms with Crippen molar-refractivity contribution in [3.63, 3.8) is 0 Å². The van der Waals surface area contributed by atoms with Gasteiger partial charge < -0.3 is 4.74 Å². The number of benzene rings is 3. The van der Waals surface area contributed by atoms with E-state index in [1.807, 2.05) is 30.6 Å². The number of aryl methyl sites for hydroxylation is 3. The number of nitrogens with zero attached hydrogens (tertiary/aromatic N) is 2. The van der Waals surface area contributed by atoms with Gasteiger partial charge in [-0.3, -0.25) is 0 Å². The number of fused-ring (bicyclic) bond motifs is 1. The van der Waals surface area contributed by atoms with Crippen LogP contribution in [-0.4, -0.2) is 23.7 Å². The van der Waals surface area contributed by atoms with Gasteiger partial charge in [-0.05, 0) is 66.0 Å². The van der Waals surface area contributed by atoms with Gasteiger partial charge in [0.15, 0.2) is 5.82 Å². The van der Waals surface area contributed by atoms with E-state index in [2.05, 4.69) is 9.97 Å². The maximum atomic E-state index is 15.1. The minimum absolute atomic E-state index is 0.0890. The molecule has 3 nitrogen and oxygen atoms in total. The summed E-state index contributed by atoms with van der Waals surface area (Å²) >= 11 is 5.73. The summed E-state index contributed by atoms with van der Waals surface area (Å²) in [6, 6.07) is 13.9. The highest BCUT2D eigenvalue weighted by Gasteiger charge is 2.11. The van der Waals surface area contributed by atoms with Gasteiger partial charge in [0.1, 0.15) is 11.6 Å². The molecule has 0 unspecified atom stereocenters. The molecule has 0 fully saturated rings. The predicted molar refractivity (Wildman–Crippen MR) is 124 cm³/mol. The molecule has 0 aliphatic carbocycles. The van der Waals surface area contributed by atoms with Crippen LogP contribution in [0.4, 0.5) is 8.78 Å². The molecule has 0 aliphatic heterocycles. The van der Waals surface area contributed by atoms with Gasteiger partial charge in [0.25, 0.3) is 0 Å². The summed E-state index contributed by atoms with van der Waals surface area (Å²) in [5.74, 6) is -0.101. The molecular weight excluding hydrogens is 430 g/mol. The first-order valence-electron chi connectivity index (χ1n) is 10.5. The summed E-state index contributed by atoms with van der Waals surface area (Å²) in [5.41, 5.74) is 3.27. The van der Waals surface area contributed by atoms with Crippen LogP contribution in [-0.2, 0) is 24.0 Å². The normalized spacial score (nSPS) is 11.2. The highest BCUT2D eigenvalue weighted by molar-refractivity contribution is 6.30. The van der Waals surface area contributed by atoms with E-state index in [1.54, 1.807) is 25.3 Å². The SMILES string of the molecule is COCCCc1cnc(-c2ccc3c(F)c(CCc4ccc(Cl)c(F)c4)ccc3c2)nc1. The third kappa shape index (κ3) is 5.12. The quantitative estimate of drug-likeness (QED) is 0.283. The number of aromatic nitrogens is 2. The zero-order valence-corrected chi connectivity index (χ0v) is 18.5. The molecule has 4 rings (SSSR count). The van der Waals surface area contributed by atoms with Gasteiger partial charge >= 0.3 is 0 Å². The van der Waals surface area contributed by atoms with Crippen LogP contribution in [0.25, 0.3) is 22.2 Å².